The van der Waals surface area contributed by atoms with Gasteiger partial charge in [0.1, 0.15) is 11.5 Å². The first-order valence-corrected chi connectivity index (χ1v) is 7.19. The fourth-order valence-electron chi connectivity index (χ4n) is 2.71. The Balaban J connectivity index is 2.18. The van der Waals surface area contributed by atoms with E-state index >= 15 is 0 Å². The summed E-state index contributed by atoms with van der Waals surface area (Å²) in [4.78, 5) is 11.6. The first kappa shape index (κ1) is 14.9. The number of ether oxygens (including phenoxy) is 1. The van der Waals surface area contributed by atoms with E-state index in [4.69, 9.17) is 4.74 Å². The zero-order chi connectivity index (χ0) is 16.4. The van der Waals surface area contributed by atoms with Crippen LogP contribution < -0.4 is 0 Å². The average molecular weight is 308 g/mol. The molecule has 0 bridgehead atoms. The number of phenols is 2. The van der Waals surface area contributed by atoms with E-state index in [1.165, 1.54) is 19.2 Å². The maximum Gasteiger partial charge on any atom is 0.310 e. The van der Waals surface area contributed by atoms with Gasteiger partial charge < -0.3 is 14.9 Å². The van der Waals surface area contributed by atoms with E-state index < -0.39 is 5.97 Å². The van der Waals surface area contributed by atoms with Gasteiger partial charge in [-0.3, -0.25) is 4.79 Å². The fourth-order valence-corrected chi connectivity index (χ4v) is 2.71. The van der Waals surface area contributed by atoms with Gasteiger partial charge >= 0.3 is 5.97 Å². The minimum atomic E-state index is -0.433. The van der Waals surface area contributed by atoms with Crippen molar-refractivity contribution in [1.82, 2.24) is 0 Å². The van der Waals surface area contributed by atoms with Crippen molar-refractivity contribution in [3.63, 3.8) is 0 Å². The summed E-state index contributed by atoms with van der Waals surface area (Å²) in [6.07, 6.45) is -0.0272. The number of carbonyl (C=O) groups is 1. The van der Waals surface area contributed by atoms with Crippen molar-refractivity contribution in [2.75, 3.05) is 7.11 Å². The molecule has 0 saturated carbocycles. The second-order valence-electron chi connectivity index (χ2n) is 5.31. The molecule has 0 aliphatic carbocycles. The van der Waals surface area contributed by atoms with Gasteiger partial charge in [-0.1, -0.05) is 36.4 Å². The fraction of sp³-hybridized carbons (Fsp3) is 0.105. The number of aromatic hydroxyl groups is 2. The molecule has 0 aromatic heterocycles. The maximum absolute atomic E-state index is 11.6. The third-order valence-corrected chi connectivity index (χ3v) is 3.78. The molecular weight excluding hydrogens is 292 g/mol. The number of hydrogen-bond acceptors (Lipinski definition) is 4. The first-order valence-electron chi connectivity index (χ1n) is 7.19. The van der Waals surface area contributed by atoms with Crippen LogP contribution in [0.3, 0.4) is 0 Å². The van der Waals surface area contributed by atoms with Crippen LogP contribution in [0.15, 0.2) is 54.6 Å². The van der Waals surface area contributed by atoms with E-state index in [9.17, 15) is 15.0 Å². The largest absolute Gasteiger partial charge is 0.508 e. The van der Waals surface area contributed by atoms with E-state index in [-0.39, 0.29) is 17.9 Å². The molecule has 3 aromatic carbocycles. The molecule has 0 saturated heterocycles. The van der Waals surface area contributed by atoms with Crippen molar-refractivity contribution in [2.24, 2.45) is 0 Å². The molecule has 4 heteroatoms. The Bertz CT molecular complexity index is 884. The first-order chi connectivity index (χ1) is 11.1. The minimum absolute atomic E-state index is 0.0272. The van der Waals surface area contributed by atoms with Crippen molar-refractivity contribution in [2.45, 2.75) is 6.42 Å². The summed E-state index contributed by atoms with van der Waals surface area (Å²) in [7, 11) is 1.31. The predicted molar refractivity (Wildman–Crippen MR) is 88.4 cm³/mol. The van der Waals surface area contributed by atoms with Gasteiger partial charge in [0.2, 0.25) is 0 Å². The maximum atomic E-state index is 11.6. The van der Waals surface area contributed by atoms with Crippen LogP contribution in [-0.4, -0.2) is 23.3 Å². The molecule has 4 nitrogen and oxygen atoms in total. The van der Waals surface area contributed by atoms with Gasteiger partial charge in [0, 0.05) is 11.6 Å². The number of phenolic OH excluding ortho intramolecular Hbond substituents is 2. The Kier molecular flexibility index (Phi) is 3.89. The average Bonchev–Trinajstić information content (AvgIpc) is 2.54. The highest BCUT2D eigenvalue weighted by molar-refractivity contribution is 5.90. The van der Waals surface area contributed by atoms with Gasteiger partial charge in [-0.05, 0) is 34.0 Å². The molecule has 0 radical (unpaired) electrons. The van der Waals surface area contributed by atoms with Crippen LogP contribution in [0.4, 0.5) is 0 Å². The molecule has 0 unspecified atom stereocenters. The van der Waals surface area contributed by atoms with Gasteiger partial charge in [0.25, 0.3) is 0 Å². The summed E-state index contributed by atoms with van der Waals surface area (Å²) in [5.74, 6) is -0.595. The lowest BCUT2D eigenvalue weighted by atomic mass is 9.94. The lowest BCUT2D eigenvalue weighted by molar-refractivity contribution is -0.139. The molecule has 116 valence electrons. The Labute approximate surface area is 133 Å². The number of fused-ring (bicyclic) bond motifs is 1. The van der Waals surface area contributed by atoms with Crippen LogP contribution in [0.2, 0.25) is 0 Å². The van der Waals surface area contributed by atoms with Crippen LogP contribution in [0, 0.1) is 0 Å². The number of rotatable bonds is 3. The molecule has 0 aliphatic rings. The lowest BCUT2D eigenvalue weighted by Gasteiger charge is -2.13. The Morgan fingerprint density at radius 2 is 1.74 bits per heavy atom. The highest BCUT2D eigenvalue weighted by Gasteiger charge is 2.16. The monoisotopic (exact) mass is 308 g/mol. The zero-order valence-corrected chi connectivity index (χ0v) is 12.6. The predicted octanol–water partition coefficient (Wildman–Crippen LogP) is 3.63. The summed E-state index contributed by atoms with van der Waals surface area (Å²) < 4.78 is 4.69. The van der Waals surface area contributed by atoms with Crippen LogP contribution >= 0.6 is 0 Å². The summed E-state index contributed by atoms with van der Waals surface area (Å²) in [5, 5.41) is 22.1. The SMILES string of the molecule is COC(=O)Cc1cc(O)cc(O)c1-c1ccc2ccccc2c1. The molecule has 0 aliphatic heterocycles. The molecule has 0 spiro atoms. The topological polar surface area (TPSA) is 66.8 Å². The number of methoxy groups -OCH3 is 1. The van der Waals surface area contributed by atoms with E-state index in [1.807, 2.05) is 42.5 Å². The zero-order valence-electron chi connectivity index (χ0n) is 12.6. The van der Waals surface area contributed by atoms with E-state index in [0.717, 1.165) is 16.3 Å². The Morgan fingerprint density at radius 1 is 1.00 bits per heavy atom. The second-order valence-corrected chi connectivity index (χ2v) is 5.31. The van der Waals surface area contributed by atoms with Crippen molar-refractivity contribution in [3.05, 3.63) is 60.2 Å². The van der Waals surface area contributed by atoms with Gasteiger partial charge in [-0.15, -0.1) is 0 Å². The molecule has 0 atom stereocenters. The van der Waals surface area contributed by atoms with Crippen LogP contribution in [0.25, 0.3) is 21.9 Å². The van der Waals surface area contributed by atoms with Crippen LogP contribution in [0.1, 0.15) is 5.56 Å². The minimum Gasteiger partial charge on any atom is -0.508 e. The second kappa shape index (κ2) is 6.01. The summed E-state index contributed by atoms with van der Waals surface area (Å²) in [6.45, 7) is 0. The van der Waals surface area contributed by atoms with Gasteiger partial charge in [-0.2, -0.15) is 0 Å². The van der Waals surface area contributed by atoms with E-state index in [0.29, 0.717) is 11.1 Å². The molecule has 0 heterocycles. The Morgan fingerprint density at radius 3 is 2.48 bits per heavy atom. The highest BCUT2D eigenvalue weighted by Crippen LogP contribution is 2.37. The van der Waals surface area contributed by atoms with Crippen molar-refractivity contribution in [1.29, 1.82) is 0 Å². The smallest absolute Gasteiger partial charge is 0.310 e. The van der Waals surface area contributed by atoms with E-state index in [2.05, 4.69) is 0 Å². The number of carbonyl (C=O) groups excluding carboxylic acids is 1. The summed E-state index contributed by atoms with van der Waals surface area (Å²) in [5.41, 5.74) is 1.82. The number of hydrogen-bond donors (Lipinski definition) is 2. The summed E-state index contributed by atoms with van der Waals surface area (Å²) in [6, 6.07) is 16.4. The lowest BCUT2D eigenvalue weighted by Crippen LogP contribution is -2.05. The molecule has 23 heavy (non-hydrogen) atoms. The number of esters is 1. The molecule has 3 rings (SSSR count). The summed E-state index contributed by atoms with van der Waals surface area (Å²) >= 11 is 0. The molecular formula is C19H16O4. The van der Waals surface area contributed by atoms with Crippen LogP contribution in [0.5, 0.6) is 11.5 Å². The van der Waals surface area contributed by atoms with E-state index in [1.54, 1.807) is 0 Å². The highest BCUT2D eigenvalue weighted by atomic mass is 16.5. The standard InChI is InChI=1S/C19H16O4/c1-23-18(22)10-15-9-16(20)11-17(21)19(15)14-7-6-12-4-2-3-5-13(12)8-14/h2-9,11,20-21H,10H2,1H3. The van der Waals surface area contributed by atoms with Crippen molar-refractivity contribution in [3.8, 4) is 22.6 Å². The Hall–Kier alpha value is -3.01. The van der Waals surface area contributed by atoms with Gasteiger partial charge in [0.15, 0.2) is 0 Å². The molecule has 3 aromatic rings. The third kappa shape index (κ3) is 2.97. The number of benzene rings is 3. The third-order valence-electron chi connectivity index (χ3n) is 3.78. The molecule has 0 amide bonds. The van der Waals surface area contributed by atoms with Gasteiger partial charge in [0.05, 0.1) is 13.5 Å². The quantitative estimate of drug-likeness (QED) is 0.725. The normalized spacial score (nSPS) is 10.7. The van der Waals surface area contributed by atoms with Gasteiger partial charge in [-0.25, -0.2) is 0 Å². The van der Waals surface area contributed by atoms with Crippen molar-refractivity contribution < 1.29 is 19.7 Å². The van der Waals surface area contributed by atoms with Crippen LogP contribution in [-0.2, 0) is 16.0 Å². The van der Waals surface area contributed by atoms with Crippen molar-refractivity contribution >= 4 is 16.7 Å². The molecule has 0 fully saturated rings. The molecule has 2 N–H and O–H groups in total.